The summed E-state index contributed by atoms with van der Waals surface area (Å²) in [6.45, 7) is 0.743. The van der Waals surface area contributed by atoms with Gasteiger partial charge in [-0.15, -0.1) is 0 Å². The van der Waals surface area contributed by atoms with Crippen molar-refractivity contribution in [2.75, 3.05) is 6.54 Å². The van der Waals surface area contributed by atoms with E-state index in [1.807, 2.05) is 0 Å². The van der Waals surface area contributed by atoms with Crippen LogP contribution in [0.4, 0.5) is 0 Å². The Labute approximate surface area is 111 Å². The van der Waals surface area contributed by atoms with Gasteiger partial charge in [0.2, 0.25) is 0 Å². The topological polar surface area (TPSA) is 105 Å². The molecule has 1 saturated heterocycles. The SMILES string of the molecule is NC(c1ccncc1)C(C(=O)O)C(=O)C1CCCN1. The predicted octanol–water partition coefficient (Wildman–Crippen LogP) is 0.103. The summed E-state index contributed by atoms with van der Waals surface area (Å²) in [5, 5.41) is 12.3. The first-order valence-corrected chi connectivity index (χ1v) is 6.26. The molecule has 0 spiro atoms. The Bertz CT molecular complexity index is 457. The standard InChI is InChI=1S/C13H17N3O3/c14-11(8-3-6-15-7-4-8)10(13(18)19)12(17)9-2-1-5-16-9/h3-4,6-7,9-11,16H,1-2,5,14H2,(H,18,19). The smallest absolute Gasteiger partial charge is 0.316 e. The average molecular weight is 263 g/mol. The van der Waals surface area contributed by atoms with Crippen LogP contribution in [0.3, 0.4) is 0 Å². The Morgan fingerprint density at radius 3 is 2.63 bits per heavy atom. The maximum Gasteiger partial charge on any atom is 0.316 e. The summed E-state index contributed by atoms with van der Waals surface area (Å²) < 4.78 is 0. The third-order valence-electron chi connectivity index (χ3n) is 3.43. The summed E-state index contributed by atoms with van der Waals surface area (Å²) in [6.07, 6.45) is 4.62. The summed E-state index contributed by atoms with van der Waals surface area (Å²) in [6, 6.07) is 2.02. The van der Waals surface area contributed by atoms with Gasteiger partial charge in [-0.05, 0) is 37.1 Å². The number of aromatic nitrogens is 1. The van der Waals surface area contributed by atoms with E-state index in [4.69, 9.17) is 5.73 Å². The molecule has 0 bridgehead atoms. The van der Waals surface area contributed by atoms with Crippen molar-refractivity contribution in [3.05, 3.63) is 30.1 Å². The molecule has 0 aromatic carbocycles. The van der Waals surface area contributed by atoms with Gasteiger partial charge in [0, 0.05) is 12.4 Å². The number of carbonyl (C=O) groups is 2. The second-order valence-corrected chi connectivity index (χ2v) is 4.67. The van der Waals surface area contributed by atoms with E-state index in [-0.39, 0.29) is 5.78 Å². The van der Waals surface area contributed by atoms with Gasteiger partial charge in [-0.2, -0.15) is 0 Å². The van der Waals surface area contributed by atoms with Crippen molar-refractivity contribution in [2.24, 2.45) is 11.7 Å². The number of hydrogen-bond acceptors (Lipinski definition) is 5. The molecule has 0 amide bonds. The van der Waals surface area contributed by atoms with Gasteiger partial charge in [0.25, 0.3) is 0 Å². The van der Waals surface area contributed by atoms with Crippen molar-refractivity contribution in [3.8, 4) is 0 Å². The highest BCUT2D eigenvalue weighted by Crippen LogP contribution is 2.23. The highest BCUT2D eigenvalue weighted by molar-refractivity contribution is 6.02. The van der Waals surface area contributed by atoms with E-state index in [9.17, 15) is 14.7 Å². The Morgan fingerprint density at radius 2 is 2.11 bits per heavy atom. The number of carboxylic acids is 1. The summed E-state index contributed by atoms with van der Waals surface area (Å²) in [4.78, 5) is 27.5. The van der Waals surface area contributed by atoms with Crippen molar-refractivity contribution in [3.63, 3.8) is 0 Å². The van der Waals surface area contributed by atoms with E-state index in [0.29, 0.717) is 12.0 Å². The number of nitrogens with zero attached hydrogens (tertiary/aromatic N) is 1. The van der Waals surface area contributed by atoms with Crippen LogP contribution in [0.1, 0.15) is 24.4 Å². The maximum absolute atomic E-state index is 12.3. The Morgan fingerprint density at radius 1 is 1.42 bits per heavy atom. The largest absolute Gasteiger partial charge is 0.481 e. The molecule has 0 radical (unpaired) electrons. The molecule has 1 fully saturated rings. The number of Topliss-reactive ketones (excluding diaryl/α,β-unsaturated/α-hetero) is 1. The van der Waals surface area contributed by atoms with Crippen molar-refractivity contribution >= 4 is 11.8 Å². The Balaban J connectivity index is 2.20. The maximum atomic E-state index is 12.3. The number of nitrogens with one attached hydrogen (secondary N) is 1. The lowest BCUT2D eigenvalue weighted by atomic mass is 9.87. The molecule has 1 aromatic rings. The molecule has 1 aliphatic heterocycles. The lowest BCUT2D eigenvalue weighted by Crippen LogP contribution is -2.43. The highest BCUT2D eigenvalue weighted by Gasteiger charge is 2.38. The fourth-order valence-corrected chi connectivity index (χ4v) is 2.37. The van der Waals surface area contributed by atoms with Crippen LogP contribution in [0, 0.1) is 5.92 Å². The predicted molar refractivity (Wildman–Crippen MR) is 68.3 cm³/mol. The van der Waals surface area contributed by atoms with E-state index in [1.54, 1.807) is 12.1 Å². The molecule has 3 atom stereocenters. The van der Waals surface area contributed by atoms with Crippen molar-refractivity contribution in [1.82, 2.24) is 10.3 Å². The van der Waals surface area contributed by atoms with E-state index in [1.165, 1.54) is 12.4 Å². The first kappa shape index (κ1) is 13.6. The van der Waals surface area contributed by atoms with Gasteiger partial charge in [0.15, 0.2) is 5.78 Å². The minimum Gasteiger partial charge on any atom is -0.481 e. The van der Waals surface area contributed by atoms with E-state index >= 15 is 0 Å². The molecular formula is C13H17N3O3. The van der Waals surface area contributed by atoms with Crippen LogP contribution in [0.15, 0.2) is 24.5 Å². The number of ketones is 1. The molecule has 6 heteroatoms. The molecule has 6 nitrogen and oxygen atoms in total. The highest BCUT2D eigenvalue weighted by atomic mass is 16.4. The van der Waals surface area contributed by atoms with Gasteiger partial charge in [-0.3, -0.25) is 14.6 Å². The molecule has 2 rings (SSSR count). The van der Waals surface area contributed by atoms with Crippen molar-refractivity contribution < 1.29 is 14.7 Å². The van der Waals surface area contributed by atoms with Crippen LogP contribution < -0.4 is 11.1 Å². The lowest BCUT2D eigenvalue weighted by molar-refractivity contribution is -0.147. The monoisotopic (exact) mass is 263 g/mol. The van der Waals surface area contributed by atoms with Crippen LogP contribution in [-0.4, -0.2) is 34.4 Å². The summed E-state index contributed by atoms with van der Waals surface area (Å²) in [5.74, 6) is -2.74. The Hall–Kier alpha value is -1.79. The van der Waals surface area contributed by atoms with Crippen LogP contribution in [-0.2, 0) is 9.59 Å². The number of carboxylic acid groups (broad SMARTS) is 1. The van der Waals surface area contributed by atoms with Crippen LogP contribution >= 0.6 is 0 Å². The first-order chi connectivity index (χ1) is 9.11. The second kappa shape index (κ2) is 5.90. The third-order valence-corrected chi connectivity index (χ3v) is 3.43. The number of hydrogen-bond donors (Lipinski definition) is 3. The summed E-state index contributed by atoms with van der Waals surface area (Å²) in [7, 11) is 0. The molecular weight excluding hydrogens is 246 g/mol. The van der Waals surface area contributed by atoms with Crippen molar-refractivity contribution in [2.45, 2.75) is 24.9 Å². The van der Waals surface area contributed by atoms with Gasteiger partial charge in [-0.25, -0.2) is 0 Å². The molecule has 0 aliphatic carbocycles. The minimum absolute atomic E-state index is 0.339. The second-order valence-electron chi connectivity index (χ2n) is 4.67. The van der Waals surface area contributed by atoms with Crippen LogP contribution in [0.2, 0.25) is 0 Å². The summed E-state index contributed by atoms with van der Waals surface area (Å²) in [5.41, 5.74) is 6.56. The number of rotatable bonds is 5. The zero-order valence-electron chi connectivity index (χ0n) is 10.5. The van der Waals surface area contributed by atoms with Gasteiger partial charge < -0.3 is 16.2 Å². The molecule has 2 heterocycles. The van der Waals surface area contributed by atoms with E-state index in [2.05, 4.69) is 10.3 Å². The molecule has 1 aromatic heterocycles. The third kappa shape index (κ3) is 2.97. The number of pyridine rings is 1. The number of nitrogens with two attached hydrogens (primary N) is 1. The van der Waals surface area contributed by atoms with Crippen LogP contribution in [0.25, 0.3) is 0 Å². The molecule has 19 heavy (non-hydrogen) atoms. The van der Waals surface area contributed by atoms with Gasteiger partial charge >= 0.3 is 5.97 Å². The fraction of sp³-hybridized carbons (Fsp3) is 0.462. The molecule has 3 unspecified atom stereocenters. The Kier molecular flexibility index (Phi) is 4.24. The summed E-state index contributed by atoms with van der Waals surface area (Å²) >= 11 is 0. The molecule has 4 N–H and O–H groups in total. The first-order valence-electron chi connectivity index (χ1n) is 6.26. The normalized spacial score (nSPS) is 21.8. The van der Waals surface area contributed by atoms with Gasteiger partial charge in [0.1, 0.15) is 5.92 Å². The molecule has 0 saturated carbocycles. The van der Waals surface area contributed by atoms with Crippen molar-refractivity contribution in [1.29, 1.82) is 0 Å². The van der Waals surface area contributed by atoms with Crippen LogP contribution in [0.5, 0.6) is 0 Å². The minimum atomic E-state index is -1.22. The number of carbonyl (C=O) groups excluding carboxylic acids is 1. The van der Waals surface area contributed by atoms with Gasteiger partial charge in [-0.1, -0.05) is 0 Å². The molecule has 1 aliphatic rings. The zero-order valence-corrected chi connectivity index (χ0v) is 10.5. The quantitative estimate of drug-likeness (QED) is 0.651. The number of aliphatic carboxylic acids is 1. The fourth-order valence-electron chi connectivity index (χ4n) is 2.37. The average Bonchev–Trinajstić information content (AvgIpc) is 2.93. The van der Waals surface area contributed by atoms with Gasteiger partial charge in [0.05, 0.1) is 12.1 Å². The molecule has 102 valence electrons. The zero-order chi connectivity index (χ0) is 13.8. The lowest BCUT2D eigenvalue weighted by Gasteiger charge is -2.22. The van der Waals surface area contributed by atoms with E-state index in [0.717, 1.165) is 13.0 Å². The van der Waals surface area contributed by atoms with E-state index < -0.39 is 24.0 Å².